The van der Waals surface area contributed by atoms with E-state index in [2.05, 4.69) is 35.8 Å². The second-order valence-electron chi connectivity index (χ2n) is 4.98. The van der Waals surface area contributed by atoms with E-state index < -0.39 is 0 Å². The minimum atomic E-state index is -0.191. The van der Waals surface area contributed by atoms with Gasteiger partial charge in [0.15, 0.2) is 5.13 Å². The Bertz CT molecular complexity index is 388. The summed E-state index contributed by atoms with van der Waals surface area (Å²) in [6.07, 6.45) is 3.27. The molecule has 0 aliphatic heterocycles. The normalized spacial score (nSPS) is 11.3. The van der Waals surface area contributed by atoms with E-state index in [4.69, 9.17) is 0 Å². The number of hydrogen-bond acceptors (Lipinski definition) is 5. The van der Waals surface area contributed by atoms with Crippen LogP contribution < -0.4 is 5.32 Å². The highest BCUT2D eigenvalue weighted by Gasteiger charge is 2.17. The van der Waals surface area contributed by atoms with Crippen molar-refractivity contribution in [2.75, 3.05) is 12.4 Å². The number of aromatic nitrogens is 1. The van der Waals surface area contributed by atoms with Crippen LogP contribution in [0.2, 0.25) is 0 Å². The van der Waals surface area contributed by atoms with Crippen LogP contribution in [0.15, 0.2) is 5.38 Å². The third-order valence-corrected chi connectivity index (χ3v) is 3.49. The Labute approximate surface area is 113 Å². The van der Waals surface area contributed by atoms with E-state index in [1.54, 1.807) is 11.3 Å². The summed E-state index contributed by atoms with van der Waals surface area (Å²) in [5.74, 6) is -0.191. The number of methoxy groups -OCH3 is 1. The molecule has 0 unspecified atom stereocenters. The van der Waals surface area contributed by atoms with Gasteiger partial charge in [0, 0.05) is 17.3 Å². The van der Waals surface area contributed by atoms with Gasteiger partial charge in [-0.2, -0.15) is 0 Å². The largest absolute Gasteiger partial charge is 0.469 e. The second kappa shape index (κ2) is 6.73. The van der Waals surface area contributed by atoms with Crippen LogP contribution in [0.3, 0.4) is 0 Å². The van der Waals surface area contributed by atoms with Gasteiger partial charge < -0.3 is 10.1 Å². The predicted octanol–water partition coefficient (Wildman–Crippen LogP) is 3.24. The van der Waals surface area contributed by atoms with Gasteiger partial charge >= 0.3 is 5.97 Å². The first-order valence-corrected chi connectivity index (χ1v) is 7.14. The maximum atomic E-state index is 11.0. The SMILES string of the molecule is CCCC(C)(C)Nc1nc(CCC(=O)OC)cs1. The third-order valence-electron chi connectivity index (χ3n) is 2.69. The van der Waals surface area contributed by atoms with Crippen LogP contribution in [0.4, 0.5) is 5.13 Å². The zero-order chi connectivity index (χ0) is 13.6. The van der Waals surface area contributed by atoms with Crippen molar-refractivity contribution >= 4 is 22.4 Å². The molecule has 18 heavy (non-hydrogen) atoms. The molecule has 0 atom stereocenters. The summed E-state index contributed by atoms with van der Waals surface area (Å²) < 4.78 is 4.61. The van der Waals surface area contributed by atoms with Crippen molar-refractivity contribution in [2.45, 2.75) is 52.0 Å². The molecule has 1 rings (SSSR count). The Morgan fingerprint density at radius 3 is 2.89 bits per heavy atom. The number of esters is 1. The van der Waals surface area contributed by atoms with Crippen LogP contribution in [0.1, 0.15) is 45.7 Å². The van der Waals surface area contributed by atoms with Gasteiger partial charge in [-0.1, -0.05) is 13.3 Å². The molecule has 0 aromatic carbocycles. The number of carbonyl (C=O) groups excluding carboxylic acids is 1. The lowest BCUT2D eigenvalue weighted by Crippen LogP contribution is -2.30. The average Bonchev–Trinajstić information content (AvgIpc) is 2.72. The van der Waals surface area contributed by atoms with E-state index in [1.165, 1.54) is 7.11 Å². The molecule has 0 bridgehead atoms. The molecule has 1 N–H and O–H groups in total. The number of ether oxygens (including phenoxy) is 1. The van der Waals surface area contributed by atoms with Crippen molar-refractivity contribution in [1.29, 1.82) is 0 Å². The number of aryl methyl sites for hydroxylation is 1. The molecule has 0 radical (unpaired) electrons. The van der Waals surface area contributed by atoms with E-state index in [1.807, 2.05) is 5.38 Å². The van der Waals surface area contributed by atoms with E-state index >= 15 is 0 Å². The van der Waals surface area contributed by atoms with Gasteiger partial charge in [-0.3, -0.25) is 4.79 Å². The highest BCUT2D eigenvalue weighted by molar-refractivity contribution is 7.13. The number of anilines is 1. The van der Waals surface area contributed by atoms with E-state index in [-0.39, 0.29) is 11.5 Å². The number of nitrogens with one attached hydrogen (secondary N) is 1. The lowest BCUT2D eigenvalue weighted by atomic mass is 10.00. The van der Waals surface area contributed by atoms with Crippen LogP contribution >= 0.6 is 11.3 Å². The van der Waals surface area contributed by atoms with Crippen LogP contribution in [-0.2, 0) is 16.0 Å². The van der Waals surface area contributed by atoms with Crippen molar-refractivity contribution < 1.29 is 9.53 Å². The summed E-state index contributed by atoms with van der Waals surface area (Å²) in [5.41, 5.74) is 1.01. The molecule has 1 heterocycles. The first-order chi connectivity index (χ1) is 8.46. The summed E-state index contributed by atoms with van der Waals surface area (Å²) in [7, 11) is 1.41. The van der Waals surface area contributed by atoms with Crippen molar-refractivity contribution in [2.24, 2.45) is 0 Å². The molecular formula is C13H22N2O2S. The van der Waals surface area contributed by atoms with Gasteiger partial charge in [0.25, 0.3) is 0 Å². The molecule has 1 aromatic rings. The lowest BCUT2D eigenvalue weighted by molar-refractivity contribution is -0.140. The van der Waals surface area contributed by atoms with Crippen LogP contribution in [0.5, 0.6) is 0 Å². The summed E-state index contributed by atoms with van der Waals surface area (Å²) in [6.45, 7) is 6.52. The van der Waals surface area contributed by atoms with E-state index in [9.17, 15) is 4.79 Å². The minimum absolute atomic E-state index is 0.0617. The molecule has 102 valence electrons. The summed E-state index contributed by atoms with van der Waals surface area (Å²) in [6, 6.07) is 0. The molecule has 0 amide bonds. The van der Waals surface area contributed by atoms with E-state index in [0.29, 0.717) is 12.8 Å². The maximum Gasteiger partial charge on any atom is 0.305 e. The molecule has 0 fully saturated rings. The summed E-state index contributed by atoms with van der Waals surface area (Å²) in [5, 5.41) is 6.35. The summed E-state index contributed by atoms with van der Waals surface area (Å²) in [4.78, 5) is 15.5. The second-order valence-corrected chi connectivity index (χ2v) is 5.84. The standard InChI is InChI=1S/C13H22N2O2S/c1-5-8-13(2,3)15-12-14-10(9-18-12)6-7-11(16)17-4/h9H,5-8H2,1-4H3,(H,14,15). The molecular weight excluding hydrogens is 248 g/mol. The van der Waals surface area contributed by atoms with Crippen molar-refractivity contribution in [1.82, 2.24) is 4.98 Å². The number of hydrogen-bond donors (Lipinski definition) is 1. The molecule has 0 saturated carbocycles. The maximum absolute atomic E-state index is 11.0. The van der Waals surface area contributed by atoms with Gasteiger partial charge in [0.1, 0.15) is 0 Å². The summed E-state index contributed by atoms with van der Waals surface area (Å²) >= 11 is 1.59. The van der Waals surface area contributed by atoms with Gasteiger partial charge in [0.2, 0.25) is 0 Å². The Kier molecular flexibility index (Phi) is 5.59. The Balaban J connectivity index is 2.50. The molecule has 0 aliphatic carbocycles. The van der Waals surface area contributed by atoms with Gasteiger partial charge in [-0.05, 0) is 20.3 Å². The molecule has 0 saturated heterocycles. The zero-order valence-corrected chi connectivity index (χ0v) is 12.4. The lowest BCUT2D eigenvalue weighted by Gasteiger charge is -2.25. The first-order valence-electron chi connectivity index (χ1n) is 6.26. The van der Waals surface area contributed by atoms with Crippen LogP contribution in [0, 0.1) is 0 Å². The van der Waals surface area contributed by atoms with Crippen molar-refractivity contribution in [3.63, 3.8) is 0 Å². The fraction of sp³-hybridized carbons (Fsp3) is 0.692. The fourth-order valence-corrected chi connectivity index (χ4v) is 2.71. The topological polar surface area (TPSA) is 51.2 Å². The molecule has 1 aromatic heterocycles. The molecule has 0 spiro atoms. The third kappa shape index (κ3) is 5.04. The number of rotatable bonds is 7. The Morgan fingerprint density at radius 2 is 2.28 bits per heavy atom. The number of carbonyl (C=O) groups is 1. The fourth-order valence-electron chi connectivity index (χ4n) is 1.79. The van der Waals surface area contributed by atoms with Crippen molar-refractivity contribution in [3.05, 3.63) is 11.1 Å². The Morgan fingerprint density at radius 1 is 1.56 bits per heavy atom. The molecule has 4 nitrogen and oxygen atoms in total. The highest BCUT2D eigenvalue weighted by atomic mass is 32.1. The van der Waals surface area contributed by atoms with Gasteiger partial charge in [0.05, 0.1) is 19.2 Å². The van der Waals surface area contributed by atoms with Crippen LogP contribution in [0.25, 0.3) is 0 Å². The van der Waals surface area contributed by atoms with Crippen molar-refractivity contribution in [3.8, 4) is 0 Å². The van der Waals surface area contributed by atoms with Crippen LogP contribution in [-0.4, -0.2) is 23.6 Å². The predicted molar refractivity (Wildman–Crippen MR) is 75.1 cm³/mol. The molecule has 0 aliphatic rings. The average molecular weight is 270 g/mol. The molecule has 5 heteroatoms. The van der Waals surface area contributed by atoms with Gasteiger partial charge in [-0.15, -0.1) is 11.3 Å². The van der Waals surface area contributed by atoms with Gasteiger partial charge in [-0.25, -0.2) is 4.98 Å². The number of nitrogens with zero attached hydrogens (tertiary/aromatic N) is 1. The first kappa shape index (κ1) is 15.0. The number of thiazole rings is 1. The Hall–Kier alpha value is -1.10. The highest BCUT2D eigenvalue weighted by Crippen LogP contribution is 2.23. The minimum Gasteiger partial charge on any atom is -0.469 e. The zero-order valence-electron chi connectivity index (χ0n) is 11.6. The quantitative estimate of drug-likeness (QED) is 0.773. The monoisotopic (exact) mass is 270 g/mol. The smallest absolute Gasteiger partial charge is 0.305 e. The van der Waals surface area contributed by atoms with E-state index in [0.717, 1.165) is 23.7 Å².